The predicted molar refractivity (Wildman–Crippen MR) is 26.7 cm³/mol. The average Bonchev–Trinajstić information content (AvgIpc) is 1.41. The van der Waals surface area contributed by atoms with Crippen LogP contribution in [0.1, 0.15) is 13.8 Å². The summed E-state index contributed by atoms with van der Waals surface area (Å²) in [6.45, 7) is 4.51. The Hall–Kier alpha value is 1.16. The first kappa shape index (κ1) is 10.2. The molecule has 0 aliphatic rings. The van der Waals surface area contributed by atoms with Gasteiger partial charge >= 0.3 is 58.9 Å². The molecule has 6 heavy (non-hydrogen) atoms. The number of rotatable bonds is 2. The molecule has 0 fully saturated rings. The zero-order chi connectivity index (χ0) is 4.12. The first-order chi connectivity index (χ1) is 2.41. The van der Waals surface area contributed by atoms with E-state index in [-0.39, 0.29) is 18.9 Å². The number of hydrogen-bond acceptors (Lipinski definition) is 0. The van der Waals surface area contributed by atoms with Crippen molar-refractivity contribution < 1.29 is 18.9 Å². The summed E-state index contributed by atoms with van der Waals surface area (Å²) < 4.78 is 0. The normalized spacial score (nSPS) is 7.00. The van der Waals surface area contributed by atoms with Gasteiger partial charge in [-0.3, -0.25) is 0 Å². The molecule has 0 atom stereocenters. The van der Waals surface area contributed by atoms with E-state index in [1.165, 1.54) is 10.4 Å². The van der Waals surface area contributed by atoms with Crippen molar-refractivity contribution in [2.75, 3.05) is 0 Å². The first-order valence-corrected chi connectivity index (χ1v) is 4.70. The fourth-order valence-corrected chi connectivity index (χ4v) is 1.16. The Morgan fingerprint density at radius 2 is 1.50 bits per heavy atom. The van der Waals surface area contributed by atoms with Gasteiger partial charge in [0.1, 0.15) is 0 Å². The van der Waals surface area contributed by atoms with E-state index in [0.29, 0.717) is 0 Å². The van der Waals surface area contributed by atoms with E-state index in [9.17, 15) is 0 Å². The summed E-state index contributed by atoms with van der Waals surface area (Å²) in [4.78, 5) is 0. The monoisotopic (exact) mass is 140 g/mol. The van der Waals surface area contributed by atoms with E-state index in [1.54, 1.807) is 0 Å². The molecular weight excluding hydrogens is 130 g/mol. The molecule has 0 rings (SSSR count). The summed E-state index contributed by atoms with van der Waals surface area (Å²) in [5.74, 6) is 0. The van der Waals surface area contributed by atoms with Gasteiger partial charge in [0.25, 0.3) is 0 Å². The van der Waals surface area contributed by atoms with E-state index in [1.807, 2.05) is 0 Å². The van der Waals surface area contributed by atoms with Gasteiger partial charge in [0, 0.05) is 0 Å². The molecule has 0 aliphatic heterocycles. The Balaban J connectivity index is 0. The molecule has 0 unspecified atom stereocenters. The third kappa shape index (κ3) is 8.94. The molecule has 0 N–H and O–H groups in total. The van der Waals surface area contributed by atoms with Crippen molar-refractivity contribution in [1.29, 1.82) is 0 Å². The standard InChI is InChI=1S/C4H10As.Li/c1-3-5-4-2;/h3-4H2,1-2H3;/q-1;+1. The Labute approximate surface area is 58.9 Å². The Kier molecular flexibility index (Phi) is 16.1. The van der Waals surface area contributed by atoms with Crippen molar-refractivity contribution in [3.8, 4) is 0 Å². The van der Waals surface area contributed by atoms with Crippen molar-refractivity contribution in [3.05, 3.63) is 0 Å². The predicted octanol–water partition coefficient (Wildman–Crippen LogP) is -1.43. The molecule has 0 bridgehead atoms. The minimum Gasteiger partial charge on any atom is 1.00 e. The first-order valence-electron chi connectivity index (χ1n) is 2.05. The molecule has 0 nitrogen and oxygen atoms in total. The van der Waals surface area contributed by atoms with Gasteiger partial charge in [-0.15, -0.1) is 0 Å². The van der Waals surface area contributed by atoms with Crippen molar-refractivity contribution >= 4 is 15.8 Å². The van der Waals surface area contributed by atoms with Gasteiger partial charge in [-0.25, -0.2) is 0 Å². The van der Waals surface area contributed by atoms with Gasteiger partial charge in [-0.05, 0) is 0 Å². The van der Waals surface area contributed by atoms with Crippen LogP contribution in [0.4, 0.5) is 0 Å². The fraction of sp³-hybridized carbons (Fsp3) is 1.00. The van der Waals surface area contributed by atoms with Gasteiger partial charge in [0.05, 0.1) is 0 Å². The molecule has 0 aromatic carbocycles. The molecule has 0 spiro atoms. The SMILES string of the molecule is CC[As-]CC.[Li+]. The van der Waals surface area contributed by atoms with Crippen LogP contribution in [0.2, 0.25) is 10.4 Å². The summed E-state index contributed by atoms with van der Waals surface area (Å²) in [5, 5.41) is 2.88. The molecule has 0 amide bonds. The number of hydrogen-bond donors (Lipinski definition) is 0. The zero-order valence-electron chi connectivity index (χ0n) is 4.86. The van der Waals surface area contributed by atoms with Crippen LogP contribution in [-0.2, 0) is 0 Å². The molecule has 0 aliphatic carbocycles. The van der Waals surface area contributed by atoms with E-state index in [0.717, 1.165) is 15.8 Å². The van der Waals surface area contributed by atoms with Crippen molar-refractivity contribution in [1.82, 2.24) is 0 Å². The van der Waals surface area contributed by atoms with Gasteiger partial charge < -0.3 is 0 Å². The maximum atomic E-state index is 2.25. The van der Waals surface area contributed by atoms with Gasteiger partial charge in [-0.2, -0.15) is 0 Å². The van der Waals surface area contributed by atoms with Crippen LogP contribution >= 0.6 is 0 Å². The van der Waals surface area contributed by atoms with E-state index >= 15 is 0 Å². The summed E-state index contributed by atoms with van der Waals surface area (Å²) >= 11 is 0.743. The second-order valence-electron chi connectivity index (χ2n) is 0.856. The van der Waals surface area contributed by atoms with Crippen LogP contribution in [0, 0.1) is 0 Å². The minimum atomic E-state index is 0. The zero-order valence-corrected chi connectivity index (χ0v) is 6.74. The molecule has 0 aromatic heterocycles. The van der Waals surface area contributed by atoms with Crippen LogP contribution in [0.5, 0.6) is 0 Å². The third-order valence-corrected chi connectivity index (χ3v) is 2.32. The van der Waals surface area contributed by atoms with Crippen molar-refractivity contribution in [2.45, 2.75) is 24.3 Å². The van der Waals surface area contributed by atoms with E-state index in [4.69, 9.17) is 0 Å². The van der Waals surface area contributed by atoms with Crippen molar-refractivity contribution in [2.24, 2.45) is 0 Å². The molecule has 32 valence electrons. The maximum Gasteiger partial charge on any atom is 1.00 e. The molecule has 0 saturated heterocycles. The second-order valence-corrected chi connectivity index (χ2v) is 4.45. The van der Waals surface area contributed by atoms with Crippen LogP contribution in [0.15, 0.2) is 0 Å². The molecule has 0 radical (unpaired) electrons. The largest absolute Gasteiger partial charge is 1.00 e. The van der Waals surface area contributed by atoms with Crippen LogP contribution < -0.4 is 18.9 Å². The Morgan fingerprint density at radius 1 is 1.17 bits per heavy atom. The van der Waals surface area contributed by atoms with Crippen LogP contribution in [0.3, 0.4) is 0 Å². The Bertz CT molecular complexity index is 15.0. The average molecular weight is 140 g/mol. The smallest absolute Gasteiger partial charge is 1.00 e. The maximum absolute atomic E-state index is 2.25. The minimum absolute atomic E-state index is 0. The molecular formula is C4H10AsLi. The third-order valence-electron chi connectivity index (χ3n) is 0.447. The van der Waals surface area contributed by atoms with E-state index in [2.05, 4.69) is 13.8 Å². The summed E-state index contributed by atoms with van der Waals surface area (Å²) in [6, 6.07) is 0. The molecule has 0 aromatic rings. The molecule has 0 heterocycles. The van der Waals surface area contributed by atoms with E-state index < -0.39 is 0 Å². The summed E-state index contributed by atoms with van der Waals surface area (Å²) in [6.07, 6.45) is 0. The summed E-state index contributed by atoms with van der Waals surface area (Å²) in [7, 11) is 0. The van der Waals surface area contributed by atoms with Crippen LogP contribution in [0.25, 0.3) is 0 Å². The Morgan fingerprint density at radius 3 is 1.50 bits per heavy atom. The van der Waals surface area contributed by atoms with Gasteiger partial charge in [0.2, 0.25) is 0 Å². The molecule has 0 saturated carbocycles. The van der Waals surface area contributed by atoms with Crippen LogP contribution in [-0.4, -0.2) is 15.8 Å². The fourth-order valence-electron chi connectivity index (χ4n) is 0.224. The quantitative estimate of drug-likeness (QED) is 0.412. The van der Waals surface area contributed by atoms with Gasteiger partial charge in [-0.1, -0.05) is 0 Å². The molecule has 2 heteroatoms. The van der Waals surface area contributed by atoms with Crippen molar-refractivity contribution in [3.63, 3.8) is 0 Å². The topological polar surface area (TPSA) is 0 Å². The second kappa shape index (κ2) is 9.47. The summed E-state index contributed by atoms with van der Waals surface area (Å²) in [5.41, 5.74) is 0. The van der Waals surface area contributed by atoms with Gasteiger partial charge in [0.15, 0.2) is 0 Å².